The second kappa shape index (κ2) is 6.36. The van der Waals surface area contributed by atoms with Crippen molar-refractivity contribution in [3.05, 3.63) is 83.7 Å². The fourth-order valence-electron chi connectivity index (χ4n) is 3.94. The Bertz CT molecular complexity index is 1120. The number of rotatable bonds is 3. The number of nitrogens with zero attached hydrogens (tertiary/aromatic N) is 3. The number of hydrogen-bond donors (Lipinski definition) is 2. The van der Waals surface area contributed by atoms with Crippen LogP contribution in [0.5, 0.6) is 0 Å². The van der Waals surface area contributed by atoms with Gasteiger partial charge in [-0.1, -0.05) is 24.3 Å². The molecule has 2 aromatic heterocycles. The Morgan fingerprint density at radius 3 is 2.67 bits per heavy atom. The summed E-state index contributed by atoms with van der Waals surface area (Å²) in [5.74, 6) is 1.51. The van der Waals surface area contributed by atoms with E-state index in [4.69, 9.17) is 5.73 Å². The molecule has 0 fully saturated rings. The molecule has 5 nitrogen and oxygen atoms in total. The van der Waals surface area contributed by atoms with Crippen molar-refractivity contribution in [1.82, 2.24) is 15.0 Å². The molecule has 0 aliphatic heterocycles. The van der Waals surface area contributed by atoms with Gasteiger partial charge in [-0.3, -0.25) is 0 Å². The van der Waals surface area contributed by atoms with E-state index in [1.807, 2.05) is 12.1 Å². The SMILES string of the molecule is Nc1nc2ccc(Nc3ncccn3)cc2cc1[C@@H]1CCc2ccccc21. The van der Waals surface area contributed by atoms with E-state index in [0.29, 0.717) is 17.7 Å². The summed E-state index contributed by atoms with van der Waals surface area (Å²) in [7, 11) is 0. The monoisotopic (exact) mass is 353 g/mol. The highest BCUT2D eigenvalue weighted by Crippen LogP contribution is 2.40. The van der Waals surface area contributed by atoms with Gasteiger partial charge < -0.3 is 11.1 Å². The van der Waals surface area contributed by atoms with E-state index in [9.17, 15) is 0 Å². The molecule has 0 amide bonds. The summed E-state index contributed by atoms with van der Waals surface area (Å²) in [5, 5.41) is 4.29. The number of anilines is 3. The van der Waals surface area contributed by atoms with Gasteiger partial charge >= 0.3 is 0 Å². The van der Waals surface area contributed by atoms with Gasteiger partial charge in [0.2, 0.25) is 5.95 Å². The minimum Gasteiger partial charge on any atom is -0.383 e. The van der Waals surface area contributed by atoms with E-state index in [2.05, 4.69) is 56.7 Å². The number of nitrogen functional groups attached to an aromatic ring is 1. The molecule has 0 radical (unpaired) electrons. The van der Waals surface area contributed by atoms with E-state index < -0.39 is 0 Å². The van der Waals surface area contributed by atoms with Crippen LogP contribution in [0.4, 0.5) is 17.5 Å². The predicted octanol–water partition coefficient (Wildman–Crippen LogP) is 4.43. The van der Waals surface area contributed by atoms with Crippen molar-refractivity contribution in [2.75, 3.05) is 11.1 Å². The number of nitrogens with two attached hydrogens (primary N) is 1. The number of hydrogen-bond acceptors (Lipinski definition) is 5. The maximum Gasteiger partial charge on any atom is 0.227 e. The summed E-state index contributed by atoms with van der Waals surface area (Å²) >= 11 is 0. The van der Waals surface area contributed by atoms with Crippen LogP contribution in [0, 0.1) is 0 Å². The normalized spacial score (nSPS) is 15.6. The predicted molar refractivity (Wildman–Crippen MR) is 108 cm³/mol. The molecule has 27 heavy (non-hydrogen) atoms. The van der Waals surface area contributed by atoms with Crippen LogP contribution < -0.4 is 11.1 Å². The third kappa shape index (κ3) is 2.87. The average molecular weight is 353 g/mol. The lowest BCUT2D eigenvalue weighted by Gasteiger charge is -2.15. The Balaban J connectivity index is 1.55. The van der Waals surface area contributed by atoms with Crippen LogP contribution in [-0.4, -0.2) is 15.0 Å². The number of pyridine rings is 1. The Morgan fingerprint density at radius 2 is 1.78 bits per heavy atom. The molecule has 0 unspecified atom stereocenters. The first-order valence-electron chi connectivity index (χ1n) is 9.10. The average Bonchev–Trinajstić information content (AvgIpc) is 3.12. The van der Waals surface area contributed by atoms with Crippen molar-refractivity contribution in [2.24, 2.45) is 0 Å². The fraction of sp³-hybridized carbons (Fsp3) is 0.136. The zero-order valence-corrected chi connectivity index (χ0v) is 14.8. The lowest BCUT2D eigenvalue weighted by molar-refractivity contribution is 0.788. The highest BCUT2D eigenvalue weighted by atomic mass is 15.1. The highest BCUT2D eigenvalue weighted by molar-refractivity contribution is 5.85. The topological polar surface area (TPSA) is 76.7 Å². The summed E-state index contributed by atoms with van der Waals surface area (Å²) < 4.78 is 0. The molecule has 2 heterocycles. The van der Waals surface area contributed by atoms with Crippen molar-refractivity contribution >= 4 is 28.4 Å². The minimum absolute atomic E-state index is 0.312. The van der Waals surface area contributed by atoms with Crippen LogP contribution in [0.25, 0.3) is 10.9 Å². The molecule has 5 heteroatoms. The minimum atomic E-state index is 0.312. The summed E-state index contributed by atoms with van der Waals surface area (Å²) in [6.07, 6.45) is 5.60. The summed E-state index contributed by atoms with van der Waals surface area (Å²) in [6, 6.07) is 18.6. The van der Waals surface area contributed by atoms with E-state index >= 15 is 0 Å². The first-order chi connectivity index (χ1) is 13.3. The van der Waals surface area contributed by atoms with E-state index in [-0.39, 0.29) is 0 Å². The van der Waals surface area contributed by atoms with Crippen molar-refractivity contribution in [3.8, 4) is 0 Å². The van der Waals surface area contributed by atoms with Crippen molar-refractivity contribution < 1.29 is 0 Å². The smallest absolute Gasteiger partial charge is 0.227 e. The van der Waals surface area contributed by atoms with E-state index in [1.165, 1.54) is 11.1 Å². The van der Waals surface area contributed by atoms with Crippen LogP contribution >= 0.6 is 0 Å². The lowest BCUT2D eigenvalue weighted by atomic mass is 9.92. The Morgan fingerprint density at radius 1 is 0.926 bits per heavy atom. The Hall–Kier alpha value is -3.47. The van der Waals surface area contributed by atoms with Crippen LogP contribution in [0.1, 0.15) is 29.0 Å². The van der Waals surface area contributed by atoms with Gasteiger partial charge in [0.05, 0.1) is 5.52 Å². The third-order valence-corrected chi connectivity index (χ3v) is 5.21. The Labute approximate surface area is 157 Å². The van der Waals surface area contributed by atoms with Crippen molar-refractivity contribution in [3.63, 3.8) is 0 Å². The third-order valence-electron chi connectivity index (χ3n) is 5.21. The molecule has 1 aliphatic carbocycles. The molecular formula is C22H19N5. The van der Waals surface area contributed by atoms with Crippen LogP contribution in [0.2, 0.25) is 0 Å². The molecule has 1 aliphatic rings. The number of aryl methyl sites for hydroxylation is 1. The summed E-state index contributed by atoms with van der Waals surface area (Å²) in [6.45, 7) is 0. The number of benzene rings is 2. The number of fused-ring (bicyclic) bond motifs is 2. The second-order valence-electron chi connectivity index (χ2n) is 6.86. The number of nitrogens with one attached hydrogen (secondary N) is 1. The fourth-order valence-corrected chi connectivity index (χ4v) is 3.94. The quantitative estimate of drug-likeness (QED) is 0.570. The van der Waals surface area contributed by atoms with Gasteiger partial charge in [0.15, 0.2) is 0 Å². The standard InChI is InChI=1S/C22H19N5/c23-21-19(18-8-6-14-4-1-2-5-17(14)18)13-15-12-16(7-9-20(15)27-21)26-22-24-10-3-11-25-22/h1-5,7,9-13,18H,6,8H2,(H2,23,27)(H,24,25,26)/t18-/m1/s1. The second-order valence-corrected chi connectivity index (χ2v) is 6.86. The molecule has 4 aromatic rings. The maximum absolute atomic E-state index is 6.34. The van der Waals surface area contributed by atoms with Gasteiger partial charge in [0, 0.05) is 34.9 Å². The van der Waals surface area contributed by atoms with Crippen LogP contribution in [0.15, 0.2) is 67.0 Å². The van der Waals surface area contributed by atoms with Gasteiger partial charge in [-0.25, -0.2) is 15.0 Å². The molecule has 0 spiro atoms. The van der Waals surface area contributed by atoms with Crippen LogP contribution in [0.3, 0.4) is 0 Å². The maximum atomic E-state index is 6.34. The number of aromatic nitrogens is 3. The lowest BCUT2D eigenvalue weighted by Crippen LogP contribution is -2.04. The molecule has 0 bridgehead atoms. The van der Waals surface area contributed by atoms with Crippen molar-refractivity contribution in [1.29, 1.82) is 0 Å². The molecule has 132 valence electrons. The highest BCUT2D eigenvalue weighted by Gasteiger charge is 2.25. The summed E-state index contributed by atoms with van der Waals surface area (Å²) in [4.78, 5) is 13.1. The molecule has 3 N–H and O–H groups in total. The molecule has 0 saturated heterocycles. The van der Waals surface area contributed by atoms with Gasteiger partial charge in [-0.2, -0.15) is 0 Å². The molecular weight excluding hydrogens is 334 g/mol. The van der Waals surface area contributed by atoms with Gasteiger partial charge in [0.1, 0.15) is 5.82 Å². The van der Waals surface area contributed by atoms with E-state index in [1.54, 1.807) is 18.5 Å². The molecule has 1 atom stereocenters. The first kappa shape index (κ1) is 15.8. The zero-order chi connectivity index (χ0) is 18.2. The van der Waals surface area contributed by atoms with Gasteiger partial charge in [-0.05, 0) is 54.3 Å². The zero-order valence-electron chi connectivity index (χ0n) is 14.8. The van der Waals surface area contributed by atoms with E-state index in [0.717, 1.165) is 35.0 Å². The largest absolute Gasteiger partial charge is 0.383 e. The molecule has 2 aromatic carbocycles. The van der Waals surface area contributed by atoms with Crippen LogP contribution in [-0.2, 0) is 6.42 Å². The Kier molecular flexibility index (Phi) is 3.71. The van der Waals surface area contributed by atoms with Gasteiger partial charge in [0.25, 0.3) is 0 Å². The summed E-state index contributed by atoms with van der Waals surface area (Å²) in [5.41, 5.74) is 12.1. The molecule has 5 rings (SSSR count). The first-order valence-corrected chi connectivity index (χ1v) is 9.10. The van der Waals surface area contributed by atoms with Gasteiger partial charge in [-0.15, -0.1) is 0 Å². The van der Waals surface area contributed by atoms with Crippen molar-refractivity contribution in [2.45, 2.75) is 18.8 Å². The molecule has 0 saturated carbocycles.